The van der Waals surface area contributed by atoms with Gasteiger partial charge < -0.3 is 10.0 Å². The number of hydrogen-bond acceptors (Lipinski definition) is 3. The molecule has 2 rings (SSSR count). The summed E-state index contributed by atoms with van der Waals surface area (Å²) in [5, 5.41) is 16.8. The summed E-state index contributed by atoms with van der Waals surface area (Å²) >= 11 is 0. The topological polar surface area (TPSA) is 69.2 Å². The van der Waals surface area contributed by atoms with Gasteiger partial charge in [-0.15, -0.1) is 6.58 Å². The van der Waals surface area contributed by atoms with Crippen molar-refractivity contribution in [3.63, 3.8) is 0 Å². The van der Waals surface area contributed by atoms with Gasteiger partial charge in [-0.05, 0) is 31.2 Å². The molecule has 0 aromatic carbocycles. The van der Waals surface area contributed by atoms with Crippen molar-refractivity contribution >= 4 is 5.91 Å². The van der Waals surface area contributed by atoms with Crippen molar-refractivity contribution in [2.24, 2.45) is 5.41 Å². The Balaban J connectivity index is 2.12. The number of aromatic amines is 1. The number of nitrogens with one attached hydrogen (secondary N) is 1. The molecule has 1 aromatic rings. The Morgan fingerprint density at radius 3 is 3.00 bits per heavy atom. The molecule has 1 aromatic heterocycles. The summed E-state index contributed by atoms with van der Waals surface area (Å²) in [6.45, 7) is 9.26. The van der Waals surface area contributed by atoms with Crippen molar-refractivity contribution in [1.29, 1.82) is 0 Å². The third kappa shape index (κ3) is 3.35. The second-order valence-corrected chi connectivity index (χ2v) is 6.34. The Labute approximate surface area is 126 Å². The van der Waals surface area contributed by atoms with Gasteiger partial charge >= 0.3 is 0 Å². The van der Waals surface area contributed by atoms with Crippen LogP contribution in [-0.2, 0) is 0 Å². The number of carbonyl (C=O) groups is 1. The summed E-state index contributed by atoms with van der Waals surface area (Å²) in [6.07, 6.45) is 4.39. The van der Waals surface area contributed by atoms with Crippen molar-refractivity contribution in [3.05, 3.63) is 30.1 Å². The minimum atomic E-state index is -0.243. The summed E-state index contributed by atoms with van der Waals surface area (Å²) in [4.78, 5) is 14.4. The third-order valence-electron chi connectivity index (χ3n) is 4.30. The zero-order valence-electron chi connectivity index (χ0n) is 12.9. The van der Waals surface area contributed by atoms with Crippen molar-refractivity contribution in [3.8, 4) is 0 Å². The van der Waals surface area contributed by atoms with Crippen molar-refractivity contribution in [2.75, 3.05) is 19.7 Å². The number of aliphatic hydroxyl groups is 1. The summed E-state index contributed by atoms with van der Waals surface area (Å²) in [6, 6.07) is 1.83. The van der Waals surface area contributed by atoms with Crippen LogP contribution in [-0.4, -0.2) is 45.8 Å². The molecule has 1 amide bonds. The highest BCUT2D eigenvalue weighted by Crippen LogP contribution is 2.33. The van der Waals surface area contributed by atoms with E-state index in [1.54, 1.807) is 0 Å². The van der Waals surface area contributed by atoms with Crippen LogP contribution in [0.25, 0.3) is 0 Å². The Kier molecular flexibility index (Phi) is 4.83. The van der Waals surface area contributed by atoms with Gasteiger partial charge in [-0.2, -0.15) is 5.10 Å². The van der Waals surface area contributed by atoms with Crippen LogP contribution in [0, 0.1) is 5.41 Å². The number of rotatable bonds is 5. The van der Waals surface area contributed by atoms with E-state index < -0.39 is 0 Å². The number of piperidine rings is 1. The quantitative estimate of drug-likeness (QED) is 0.818. The van der Waals surface area contributed by atoms with Crippen LogP contribution < -0.4 is 0 Å². The molecule has 116 valence electrons. The van der Waals surface area contributed by atoms with Gasteiger partial charge in [-0.25, -0.2) is 0 Å². The molecule has 5 heteroatoms. The van der Waals surface area contributed by atoms with Crippen LogP contribution in [0.1, 0.15) is 55.2 Å². The second kappa shape index (κ2) is 6.43. The fourth-order valence-electron chi connectivity index (χ4n) is 2.95. The third-order valence-corrected chi connectivity index (χ3v) is 4.30. The molecule has 0 radical (unpaired) electrons. The van der Waals surface area contributed by atoms with Crippen LogP contribution in [0.2, 0.25) is 0 Å². The highest BCUT2D eigenvalue weighted by molar-refractivity contribution is 5.92. The first kappa shape index (κ1) is 15.8. The number of aliphatic hydroxyl groups excluding tert-OH is 1. The van der Waals surface area contributed by atoms with Crippen LogP contribution in [0.4, 0.5) is 0 Å². The fourth-order valence-corrected chi connectivity index (χ4v) is 2.95. The lowest BCUT2D eigenvalue weighted by Crippen LogP contribution is -2.47. The van der Waals surface area contributed by atoms with E-state index in [1.807, 2.05) is 17.0 Å². The van der Waals surface area contributed by atoms with Crippen LogP contribution in [0.5, 0.6) is 0 Å². The smallest absolute Gasteiger partial charge is 0.274 e. The predicted molar refractivity (Wildman–Crippen MR) is 82.1 cm³/mol. The van der Waals surface area contributed by atoms with E-state index in [4.69, 9.17) is 0 Å². The maximum absolute atomic E-state index is 12.6. The van der Waals surface area contributed by atoms with Crippen LogP contribution >= 0.6 is 0 Å². The number of carbonyl (C=O) groups excluding carboxylic acids is 1. The molecule has 2 N–H and O–H groups in total. The van der Waals surface area contributed by atoms with Crippen molar-refractivity contribution in [1.82, 2.24) is 15.1 Å². The van der Waals surface area contributed by atoms with Gasteiger partial charge in [-0.1, -0.05) is 19.9 Å². The van der Waals surface area contributed by atoms with Gasteiger partial charge in [-0.3, -0.25) is 9.89 Å². The van der Waals surface area contributed by atoms with E-state index in [-0.39, 0.29) is 17.9 Å². The number of nitrogens with zero attached hydrogens (tertiary/aromatic N) is 2. The lowest BCUT2D eigenvalue weighted by Gasteiger charge is -2.41. The average molecular weight is 291 g/mol. The van der Waals surface area contributed by atoms with Gasteiger partial charge in [0.1, 0.15) is 5.69 Å². The molecule has 1 aliphatic heterocycles. The summed E-state index contributed by atoms with van der Waals surface area (Å²) in [7, 11) is 0. The van der Waals surface area contributed by atoms with Gasteiger partial charge in [0.15, 0.2) is 0 Å². The first-order chi connectivity index (χ1) is 10.0. The monoisotopic (exact) mass is 291 g/mol. The van der Waals surface area contributed by atoms with Gasteiger partial charge in [0.25, 0.3) is 5.91 Å². The molecule has 0 aliphatic carbocycles. The van der Waals surface area contributed by atoms with Crippen molar-refractivity contribution < 1.29 is 9.90 Å². The van der Waals surface area contributed by atoms with E-state index in [2.05, 4.69) is 30.6 Å². The normalized spacial score (nSPS) is 22.6. The van der Waals surface area contributed by atoms with Crippen LogP contribution in [0.15, 0.2) is 18.7 Å². The maximum atomic E-state index is 12.6. The number of amides is 1. The largest absolute Gasteiger partial charge is 0.396 e. The fraction of sp³-hybridized carbons (Fsp3) is 0.625. The van der Waals surface area contributed by atoms with Crippen LogP contribution in [0.3, 0.4) is 0 Å². The minimum absolute atomic E-state index is 0.0558. The lowest BCUT2D eigenvalue weighted by molar-refractivity contribution is 0.0281. The summed E-state index contributed by atoms with van der Waals surface area (Å²) in [5.74, 6) is 0.262. The van der Waals surface area contributed by atoms with Crippen molar-refractivity contribution in [2.45, 2.75) is 39.0 Å². The zero-order chi connectivity index (χ0) is 15.5. The average Bonchev–Trinajstić information content (AvgIpc) is 2.97. The number of likely N-dealkylation sites (tertiary alicyclic amines) is 1. The molecular weight excluding hydrogens is 266 g/mol. The van der Waals surface area contributed by atoms with Gasteiger partial charge in [0, 0.05) is 24.2 Å². The molecule has 1 saturated heterocycles. The van der Waals surface area contributed by atoms with E-state index in [0.717, 1.165) is 31.5 Å². The highest BCUT2D eigenvalue weighted by atomic mass is 16.3. The maximum Gasteiger partial charge on any atom is 0.274 e. The molecule has 0 spiro atoms. The number of hydrogen-bond donors (Lipinski definition) is 2. The molecule has 5 nitrogen and oxygen atoms in total. The summed E-state index contributed by atoms with van der Waals surface area (Å²) < 4.78 is 0. The molecule has 21 heavy (non-hydrogen) atoms. The molecule has 1 fully saturated rings. The summed E-state index contributed by atoms with van der Waals surface area (Å²) in [5.41, 5.74) is 1.19. The number of allylic oxidation sites excluding steroid dienone is 1. The Hall–Kier alpha value is -1.62. The number of aromatic nitrogens is 2. The highest BCUT2D eigenvalue weighted by Gasteiger charge is 2.36. The van der Waals surface area contributed by atoms with E-state index >= 15 is 0 Å². The van der Waals surface area contributed by atoms with Gasteiger partial charge in [0.2, 0.25) is 0 Å². The number of H-pyrrole nitrogens is 1. The first-order valence-corrected chi connectivity index (χ1v) is 7.58. The Morgan fingerprint density at radius 1 is 1.67 bits per heavy atom. The van der Waals surface area contributed by atoms with E-state index in [0.29, 0.717) is 18.2 Å². The molecule has 1 atom stereocenters. The molecular formula is C16H25N3O2. The first-order valence-electron chi connectivity index (χ1n) is 7.58. The predicted octanol–water partition coefficient (Wildman–Crippen LogP) is 2.32. The second-order valence-electron chi connectivity index (χ2n) is 6.34. The van der Waals surface area contributed by atoms with E-state index in [9.17, 15) is 9.90 Å². The van der Waals surface area contributed by atoms with Gasteiger partial charge in [0.05, 0.1) is 6.61 Å². The molecule has 0 saturated carbocycles. The Bertz CT molecular complexity index is 509. The zero-order valence-corrected chi connectivity index (χ0v) is 12.9. The molecule has 2 heterocycles. The van der Waals surface area contributed by atoms with E-state index in [1.165, 1.54) is 0 Å². The Morgan fingerprint density at radius 2 is 2.43 bits per heavy atom. The standard InChI is InChI=1S/C16H25N3O2/c1-4-6-16(11-20)7-5-8-19(10-16)15(21)14-9-13(12(2)3)17-18-14/h4,9,12,20H,1,5-8,10-11H2,2-3H3,(H,17,18). The SMILES string of the molecule is C=CCC1(CO)CCCN(C(=O)c2cc(C(C)C)[nH]n2)C1. The molecule has 1 aliphatic rings. The molecule has 1 unspecified atom stereocenters. The molecule has 0 bridgehead atoms. The minimum Gasteiger partial charge on any atom is -0.396 e. The lowest BCUT2D eigenvalue weighted by atomic mass is 9.78.